The Morgan fingerprint density at radius 3 is 2.70 bits per heavy atom. The first kappa shape index (κ1) is 7.81. The Hall–Kier alpha value is -0.290. The zero-order valence-corrected chi connectivity index (χ0v) is 6.31. The summed E-state index contributed by atoms with van der Waals surface area (Å²) < 4.78 is 12.8. The molecule has 56 valence electrons. The van der Waals surface area contributed by atoms with Crippen LogP contribution in [0.1, 0.15) is 19.3 Å². The van der Waals surface area contributed by atoms with Crippen molar-refractivity contribution in [1.29, 1.82) is 5.26 Å². The van der Waals surface area contributed by atoms with Gasteiger partial charge < -0.3 is 0 Å². The normalized spacial score (nSPS) is 40.7. The number of alkyl halides is 2. The molecule has 0 amide bonds. The summed E-state index contributed by atoms with van der Waals surface area (Å²) in [6.07, 6.45) is 0.743. The van der Waals surface area contributed by atoms with Crippen LogP contribution in [-0.4, -0.2) is 11.5 Å². The molecular formula is C7H9ClFN. The maximum atomic E-state index is 12.8. The number of halogens is 2. The molecule has 1 rings (SSSR count). The molecule has 0 saturated heterocycles. The summed E-state index contributed by atoms with van der Waals surface area (Å²) in [4.78, 5) is 0. The standard InChI is InChI=1S/C7H9ClFN/c8-6-2-1-5(4-10)7(9)3-6/h5-7H,1-3H2. The van der Waals surface area contributed by atoms with Crippen molar-refractivity contribution in [3.8, 4) is 6.07 Å². The second-order valence-electron chi connectivity index (χ2n) is 2.66. The summed E-state index contributed by atoms with van der Waals surface area (Å²) in [6, 6.07) is 1.94. The molecule has 1 fully saturated rings. The van der Waals surface area contributed by atoms with Crippen molar-refractivity contribution in [2.24, 2.45) is 5.92 Å². The van der Waals surface area contributed by atoms with Gasteiger partial charge in [0.1, 0.15) is 6.17 Å². The molecule has 0 heterocycles. The van der Waals surface area contributed by atoms with Crippen LogP contribution in [0.4, 0.5) is 4.39 Å². The third-order valence-corrected chi connectivity index (χ3v) is 2.27. The minimum Gasteiger partial charge on any atom is -0.246 e. The van der Waals surface area contributed by atoms with Crippen LogP contribution < -0.4 is 0 Å². The highest BCUT2D eigenvalue weighted by Crippen LogP contribution is 2.29. The number of hydrogen-bond acceptors (Lipinski definition) is 1. The van der Waals surface area contributed by atoms with Crippen molar-refractivity contribution in [2.45, 2.75) is 30.8 Å². The zero-order chi connectivity index (χ0) is 7.56. The predicted molar refractivity (Wildman–Crippen MR) is 37.5 cm³/mol. The Bertz CT molecular complexity index is 154. The van der Waals surface area contributed by atoms with E-state index in [1.807, 2.05) is 6.07 Å². The van der Waals surface area contributed by atoms with Gasteiger partial charge in [-0.2, -0.15) is 5.26 Å². The lowest BCUT2D eigenvalue weighted by atomic mass is 9.88. The number of rotatable bonds is 0. The lowest BCUT2D eigenvalue weighted by molar-refractivity contribution is 0.206. The summed E-state index contributed by atoms with van der Waals surface area (Å²) in [6.45, 7) is 0. The van der Waals surface area contributed by atoms with Crippen LogP contribution in [-0.2, 0) is 0 Å². The van der Waals surface area contributed by atoms with E-state index in [1.54, 1.807) is 0 Å². The van der Waals surface area contributed by atoms with Gasteiger partial charge in [-0.1, -0.05) is 0 Å². The Kier molecular flexibility index (Phi) is 2.50. The van der Waals surface area contributed by atoms with Gasteiger partial charge in [0.25, 0.3) is 0 Å². The average Bonchev–Trinajstić information content (AvgIpc) is 1.88. The van der Waals surface area contributed by atoms with Gasteiger partial charge >= 0.3 is 0 Å². The lowest BCUT2D eigenvalue weighted by Crippen LogP contribution is -2.25. The average molecular weight is 162 g/mol. The molecule has 0 aromatic heterocycles. The smallest absolute Gasteiger partial charge is 0.117 e. The summed E-state index contributed by atoms with van der Waals surface area (Å²) in [5.41, 5.74) is 0. The molecule has 1 nitrogen and oxygen atoms in total. The summed E-state index contributed by atoms with van der Waals surface area (Å²) in [7, 11) is 0. The van der Waals surface area contributed by atoms with Crippen LogP contribution in [0.2, 0.25) is 0 Å². The van der Waals surface area contributed by atoms with E-state index < -0.39 is 12.1 Å². The fraction of sp³-hybridized carbons (Fsp3) is 0.857. The molecule has 0 aliphatic heterocycles. The quantitative estimate of drug-likeness (QED) is 0.500. The fourth-order valence-electron chi connectivity index (χ4n) is 1.21. The highest BCUT2D eigenvalue weighted by molar-refractivity contribution is 6.20. The number of nitriles is 1. The molecule has 0 aromatic carbocycles. The summed E-state index contributed by atoms with van der Waals surface area (Å²) >= 11 is 5.68. The molecule has 3 atom stereocenters. The van der Waals surface area contributed by atoms with E-state index >= 15 is 0 Å². The van der Waals surface area contributed by atoms with Gasteiger partial charge in [-0.25, -0.2) is 4.39 Å². The Morgan fingerprint density at radius 1 is 1.50 bits per heavy atom. The van der Waals surface area contributed by atoms with E-state index in [4.69, 9.17) is 16.9 Å². The predicted octanol–water partition coefficient (Wildman–Crippen LogP) is 2.26. The van der Waals surface area contributed by atoms with Crippen LogP contribution in [0.5, 0.6) is 0 Å². The first-order valence-electron chi connectivity index (χ1n) is 3.42. The molecule has 0 radical (unpaired) electrons. The van der Waals surface area contributed by atoms with E-state index in [0.29, 0.717) is 12.8 Å². The SMILES string of the molecule is N#CC1CCC(Cl)CC1F. The van der Waals surface area contributed by atoms with E-state index in [-0.39, 0.29) is 5.38 Å². The van der Waals surface area contributed by atoms with Gasteiger partial charge in [-0.3, -0.25) is 0 Å². The topological polar surface area (TPSA) is 23.8 Å². The lowest BCUT2D eigenvalue weighted by Gasteiger charge is -2.23. The van der Waals surface area contributed by atoms with E-state index in [0.717, 1.165) is 6.42 Å². The van der Waals surface area contributed by atoms with Crippen LogP contribution in [0.3, 0.4) is 0 Å². The highest BCUT2D eigenvalue weighted by atomic mass is 35.5. The van der Waals surface area contributed by atoms with Crippen molar-refractivity contribution in [3.63, 3.8) is 0 Å². The molecule has 0 bridgehead atoms. The first-order chi connectivity index (χ1) is 4.74. The van der Waals surface area contributed by atoms with Gasteiger partial charge in [0, 0.05) is 5.38 Å². The molecule has 10 heavy (non-hydrogen) atoms. The maximum Gasteiger partial charge on any atom is 0.117 e. The Balaban J connectivity index is 2.45. The molecule has 0 spiro atoms. The third-order valence-electron chi connectivity index (χ3n) is 1.87. The van der Waals surface area contributed by atoms with Gasteiger partial charge in [-0.15, -0.1) is 11.6 Å². The minimum atomic E-state index is -0.999. The summed E-state index contributed by atoms with van der Waals surface area (Å²) in [5.74, 6) is -0.407. The van der Waals surface area contributed by atoms with Crippen molar-refractivity contribution in [1.82, 2.24) is 0 Å². The molecule has 1 aliphatic rings. The Morgan fingerprint density at radius 2 is 2.20 bits per heavy atom. The van der Waals surface area contributed by atoms with Crippen molar-refractivity contribution in [3.05, 3.63) is 0 Å². The van der Waals surface area contributed by atoms with E-state index in [9.17, 15) is 4.39 Å². The highest BCUT2D eigenvalue weighted by Gasteiger charge is 2.29. The molecule has 0 aromatic rings. The van der Waals surface area contributed by atoms with Crippen molar-refractivity contribution < 1.29 is 4.39 Å². The number of nitrogens with zero attached hydrogens (tertiary/aromatic N) is 1. The van der Waals surface area contributed by atoms with Crippen molar-refractivity contribution in [2.75, 3.05) is 0 Å². The molecular weight excluding hydrogens is 153 g/mol. The second kappa shape index (κ2) is 3.21. The molecule has 1 aliphatic carbocycles. The molecule has 1 saturated carbocycles. The van der Waals surface area contributed by atoms with Crippen molar-refractivity contribution >= 4 is 11.6 Å². The molecule has 0 N–H and O–H groups in total. The van der Waals surface area contributed by atoms with Crippen LogP contribution >= 0.6 is 11.6 Å². The van der Waals surface area contributed by atoms with Crippen LogP contribution in [0.15, 0.2) is 0 Å². The van der Waals surface area contributed by atoms with Gasteiger partial charge in [-0.05, 0) is 19.3 Å². The second-order valence-corrected chi connectivity index (χ2v) is 3.28. The Labute approximate surface area is 64.8 Å². The molecule has 3 heteroatoms. The third kappa shape index (κ3) is 1.60. The van der Waals surface area contributed by atoms with E-state index in [2.05, 4.69) is 0 Å². The maximum absolute atomic E-state index is 12.8. The van der Waals surface area contributed by atoms with Gasteiger partial charge in [0.2, 0.25) is 0 Å². The fourth-order valence-corrected chi connectivity index (χ4v) is 1.51. The summed E-state index contributed by atoms with van der Waals surface area (Å²) in [5, 5.41) is 8.36. The largest absolute Gasteiger partial charge is 0.246 e. The zero-order valence-electron chi connectivity index (χ0n) is 5.56. The van der Waals surface area contributed by atoms with Crippen LogP contribution in [0, 0.1) is 17.2 Å². The first-order valence-corrected chi connectivity index (χ1v) is 3.85. The monoisotopic (exact) mass is 161 g/mol. The number of hydrogen-bond donors (Lipinski definition) is 0. The van der Waals surface area contributed by atoms with Gasteiger partial charge in [0.15, 0.2) is 0 Å². The van der Waals surface area contributed by atoms with Crippen LogP contribution in [0.25, 0.3) is 0 Å². The molecule has 3 unspecified atom stereocenters. The minimum absolute atomic E-state index is 0.0559. The van der Waals surface area contributed by atoms with Gasteiger partial charge in [0.05, 0.1) is 12.0 Å². The van der Waals surface area contributed by atoms with E-state index in [1.165, 1.54) is 0 Å².